The lowest BCUT2D eigenvalue weighted by atomic mass is 10.2. The van der Waals surface area contributed by atoms with E-state index in [1.54, 1.807) is 12.3 Å². The van der Waals surface area contributed by atoms with Gasteiger partial charge < -0.3 is 9.73 Å². The van der Waals surface area contributed by atoms with E-state index in [9.17, 15) is 8.78 Å². The van der Waals surface area contributed by atoms with Crippen molar-refractivity contribution < 1.29 is 13.2 Å². The number of halogens is 3. The summed E-state index contributed by atoms with van der Waals surface area (Å²) >= 11 is 3.04. The fourth-order valence-electron chi connectivity index (χ4n) is 1.71. The quantitative estimate of drug-likeness (QED) is 0.906. The van der Waals surface area contributed by atoms with Crippen molar-refractivity contribution in [2.75, 3.05) is 5.32 Å². The first kappa shape index (κ1) is 13.1. The highest BCUT2D eigenvalue weighted by atomic mass is 79.9. The third kappa shape index (κ3) is 3.10. The van der Waals surface area contributed by atoms with Gasteiger partial charge in [-0.15, -0.1) is 0 Å². The molecule has 0 bridgehead atoms. The van der Waals surface area contributed by atoms with Crippen LogP contribution in [-0.4, -0.2) is 6.04 Å². The molecule has 96 valence electrons. The number of furan rings is 1. The maximum atomic E-state index is 13.6. The molecule has 1 heterocycles. The molecule has 1 atom stereocenters. The van der Waals surface area contributed by atoms with Crippen molar-refractivity contribution in [1.82, 2.24) is 0 Å². The highest BCUT2D eigenvalue weighted by Gasteiger charge is 2.13. The van der Waals surface area contributed by atoms with E-state index in [4.69, 9.17) is 4.42 Å². The number of hydrogen-bond acceptors (Lipinski definition) is 2. The molecule has 0 aliphatic carbocycles. The molecule has 1 N–H and O–H groups in total. The molecule has 0 fully saturated rings. The summed E-state index contributed by atoms with van der Waals surface area (Å²) in [7, 11) is 0. The zero-order valence-electron chi connectivity index (χ0n) is 9.71. The van der Waals surface area contributed by atoms with Crippen LogP contribution >= 0.6 is 15.9 Å². The van der Waals surface area contributed by atoms with Crippen molar-refractivity contribution >= 4 is 21.6 Å². The summed E-state index contributed by atoms with van der Waals surface area (Å²) < 4.78 is 32.8. The first-order valence-corrected chi connectivity index (χ1v) is 6.29. The Hall–Kier alpha value is -1.36. The molecule has 2 aromatic rings. The van der Waals surface area contributed by atoms with Crippen molar-refractivity contribution in [3.63, 3.8) is 0 Å². The zero-order valence-corrected chi connectivity index (χ0v) is 11.3. The SMILES string of the molecule is CC(Cc1ccco1)Nc1c(F)cc(Br)cc1F. The van der Waals surface area contributed by atoms with Gasteiger partial charge in [-0.05, 0) is 31.2 Å². The third-order valence-corrected chi connectivity index (χ3v) is 2.94. The monoisotopic (exact) mass is 315 g/mol. The van der Waals surface area contributed by atoms with Crippen LogP contribution in [0.2, 0.25) is 0 Å². The molecular weight excluding hydrogens is 304 g/mol. The second-order valence-corrected chi connectivity index (χ2v) is 4.99. The van der Waals surface area contributed by atoms with Crippen LogP contribution in [0, 0.1) is 11.6 Å². The third-order valence-electron chi connectivity index (χ3n) is 2.49. The molecule has 18 heavy (non-hydrogen) atoms. The fourth-order valence-corrected chi connectivity index (χ4v) is 2.11. The predicted molar refractivity (Wildman–Crippen MR) is 69.6 cm³/mol. The summed E-state index contributed by atoms with van der Waals surface area (Å²) in [6, 6.07) is 5.92. The van der Waals surface area contributed by atoms with Crippen LogP contribution in [0.4, 0.5) is 14.5 Å². The number of hydrogen-bond donors (Lipinski definition) is 1. The van der Waals surface area contributed by atoms with Crippen molar-refractivity contribution in [3.8, 4) is 0 Å². The van der Waals surface area contributed by atoms with E-state index < -0.39 is 11.6 Å². The van der Waals surface area contributed by atoms with Gasteiger partial charge in [0.15, 0.2) is 0 Å². The summed E-state index contributed by atoms with van der Waals surface area (Å²) in [6.45, 7) is 1.84. The van der Waals surface area contributed by atoms with Crippen molar-refractivity contribution in [2.24, 2.45) is 0 Å². The summed E-state index contributed by atoms with van der Waals surface area (Å²) in [5.74, 6) is -0.464. The number of anilines is 1. The van der Waals surface area contributed by atoms with Crippen LogP contribution < -0.4 is 5.32 Å². The van der Waals surface area contributed by atoms with Gasteiger partial charge in [0, 0.05) is 16.9 Å². The van der Waals surface area contributed by atoms with E-state index in [0.717, 1.165) is 5.76 Å². The van der Waals surface area contributed by atoms with Gasteiger partial charge in [-0.1, -0.05) is 15.9 Å². The van der Waals surface area contributed by atoms with Gasteiger partial charge in [0.25, 0.3) is 0 Å². The Kier molecular flexibility index (Phi) is 4.01. The van der Waals surface area contributed by atoms with Gasteiger partial charge in [0.05, 0.1) is 6.26 Å². The predicted octanol–water partition coefficient (Wildman–Crippen LogP) is 4.36. The molecule has 1 aromatic carbocycles. The molecule has 2 rings (SSSR count). The topological polar surface area (TPSA) is 25.2 Å². The van der Waals surface area contributed by atoms with Crippen LogP contribution in [0.15, 0.2) is 39.4 Å². The normalized spacial score (nSPS) is 12.4. The fraction of sp³-hybridized carbons (Fsp3) is 0.231. The largest absolute Gasteiger partial charge is 0.469 e. The second-order valence-electron chi connectivity index (χ2n) is 4.07. The molecule has 0 aliphatic heterocycles. The minimum atomic E-state index is -0.617. The van der Waals surface area contributed by atoms with Crippen molar-refractivity contribution in [1.29, 1.82) is 0 Å². The first-order chi connectivity index (χ1) is 8.56. The first-order valence-electron chi connectivity index (χ1n) is 5.49. The smallest absolute Gasteiger partial charge is 0.150 e. The Morgan fingerprint density at radius 3 is 2.56 bits per heavy atom. The van der Waals surface area contributed by atoms with Gasteiger partial charge in [0.2, 0.25) is 0 Å². The summed E-state index contributed by atoms with van der Waals surface area (Å²) in [6.07, 6.45) is 2.13. The summed E-state index contributed by atoms with van der Waals surface area (Å²) in [5.41, 5.74) is -0.114. The highest BCUT2D eigenvalue weighted by Crippen LogP contribution is 2.24. The molecule has 1 unspecified atom stereocenters. The van der Waals surface area contributed by atoms with Crippen LogP contribution in [-0.2, 0) is 6.42 Å². The molecule has 5 heteroatoms. The average molecular weight is 316 g/mol. The highest BCUT2D eigenvalue weighted by molar-refractivity contribution is 9.10. The lowest BCUT2D eigenvalue weighted by molar-refractivity contribution is 0.495. The van der Waals surface area contributed by atoms with E-state index in [1.807, 2.05) is 13.0 Å². The van der Waals surface area contributed by atoms with Crippen LogP contribution in [0.3, 0.4) is 0 Å². The minimum absolute atomic E-state index is 0.114. The van der Waals surface area contributed by atoms with Crippen LogP contribution in [0.5, 0.6) is 0 Å². The maximum absolute atomic E-state index is 13.6. The molecule has 0 saturated heterocycles. The van der Waals surface area contributed by atoms with Gasteiger partial charge in [-0.2, -0.15) is 0 Å². The lowest BCUT2D eigenvalue weighted by Crippen LogP contribution is -2.19. The number of rotatable bonds is 4. The molecular formula is C13H12BrF2NO. The Morgan fingerprint density at radius 1 is 1.33 bits per heavy atom. The molecule has 1 aromatic heterocycles. The van der Waals surface area contributed by atoms with E-state index in [-0.39, 0.29) is 11.7 Å². The Bertz CT molecular complexity index is 505. The molecule has 0 spiro atoms. The molecule has 0 radical (unpaired) electrons. The number of nitrogens with one attached hydrogen (secondary N) is 1. The molecule has 0 aliphatic rings. The standard InChI is InChI=1S/C13H12BrF2NO/c1-8(5-10-3-2-4-18-10)17-13-11(15)6-9(14)7-12(13)16/h2-4,6-8,17H,5H2,1H3. The summed E-state index contributed by atoms with van der Waals surface area (Å²) in [5, 5.41) is 2.81. The van der Waals surface area contributed by atoms with E-state index in [1.165, 1.54) is 12.1 Å². The minimum Gasteiger partial charge on any atom is -0.469 e. The number of benzene rings is 1. The van der Waals surface area contributed by atoms with Crippen molar-refractivity contribution in [2.45, 2.75) is 19.4 Å². The Labute approximate surface area is 112 Å². The van der Waals surface area contributed by atoms with Gasteiger partial charge >= 0.3 is 0 Å². The maximum Gasteiger partial charge on any atom is 0.150 e. The van der Waals surface area contributed by atoms with E-state index >= 15 is 0 Å². The van der Waals surface area contributed by atoms with Gasteiger partial charge in [-0.25, -0.2) is 8.78 Å². The molecule has 0 amide bonds. The van der Waals surface area contributed by atoms with E-state index in [2.05, 4.69) is 21.2 Å². The van der Waals surface area contributed by atoms with Gasteiger partial charge in [0.1, 0.15) is 23.1 Å². The van der Waals surface area contributed by atoms with Crippen LogP contribution in [0.25, 0.3) is 0 Å². The average Bonchev–Trinajstić information content (AvgIpc) is 2.76. The second kappa shape index (κ2) is 5.52. The van der Waals surface area contributed by atoms with Crippen LogP contribution in [0.1, 0.15) is 12.7 Å². The molecule has 0 saturated carbocycles. The lowest BCUT2D eigenvalue weighted by Gasteiger charge is -2.15. The van der Waals surface area contributed by atoms with Crippen molar-refractivity contribution in [3.05, 3.63) is 52.4 Å². The Morgan fingerprint density at radius 2 is 2.00 bits per heavy atom. The molecule has 2 nitrogen and oxygen atoms in total. The Balaban J connectivity index is 2.09. The zero-order chi connectivity index (χ0) is 13.1. The van der Waals surface area contributed by atoms with E-state index in [0.29, 0.717) is 10.9 Å². The summed E-state index contributed by atoms with van der Waals surface area (Å²) in [4.78, 5) is 0. The van der Waals surface area contributed by atoms with Gasteiger partial charge in [-0.3, -0.25) is 0 Å².